The molecule has 144 valence electrons. The fourth-order valence-electron chi connectivity index (χ4n) is 2.93. The molecule has 0 unspecified atom stereocenters. The average molecular weight is 415 g/mol. The lowest BCUT2D eigenvalue weighted by Gasteiger charge is -2.03. The summed E-state index contributed by atoms with van der Waals surface area (Å²) < 4.78 is 5.02. The number of pyridine rings is 1. The van der Waals surface area contributed by atoms with Crippen LogP contribution in [-0.4, -0.2) is 23.5 Å². The molecular formula is C19H18N4O3S2. The van der Waals surface area contributed by atoms with E-state index in [2.05, 4.69) is 10.3 Å². The minimum absolute atomic E-state index is 0.226. The average Bonchev–Trinajstić information content (AvgIpc) is 3.12. The Morgan fingerprint density at radius 3 is 2.64 bits per heavy atom. The second-order valence-electron chi connectivity index (χ2n) is 6.15. The van der Waals surface area contributed by atoms with Crippen molar-refractivity contribution in [3.05, 3.63) is 38.2 Å². The molecule has 0 saturated heterocycles. The van der Waals surface area contributed by atoms with Crippen LogP contribution in [0.2, 0.25) is 0 Å². The number of aromatic nitrogens is 1. The summed E-state index contributed by atoms with van der Waals surface area (Å²) in [5.74, 6) is -0.954. The van der Waals surface area contributed by atoms with Gasteiger partial charge in [0.05, 0.1) is 17.9 Å². The summed E-state index contributed by atoms with van der Waals surface area (Å²) in [6.45, 7) is 7.39. The molecule has 3 aromatic heterocycles. The first-order valence-corrected chi connectivity index (χ1v) is 10.1. The van der Waals surface area contributed by atoms with E-state index in [0.29, 0.717) is 30.8 Å². The molecule has 0 bridgehead atoms. The van der Waals surface area contributed by atoms with Gasteiger partial charge in [0.1, 0.15) is 25.7 Å². The molecule has 0 fully saturated rings. The smallest absolute Gasteiger partial charge is 0.348 e. The number of aryl methyl sites for hydroxylation is 2. The number of esters is 1. The van der Waals surface area contributed by atoms with Gasteiger partial charge in [0.15, 0.2) is 0 Å². The van der Waals surface area contributed by atoms with E-state index in [1.807, 2.05) is 26.0 Å². The van der Waals surface area contributed by atoms with Gasteiger partial charge in [-0.2, -0.15) is 5.26 Å². The number of nitrogens with one attached hydrogen (secondary N) is 1. The Morgan fingerprint density at radius 2 is 2.00 bits per heavy atom. The number of nitriles is 1. The second-order valence-corrected chi connectivity index (χ2v) is 8.17. The van der Waals surface area contributed by atoms with Crippen LogP contribution in [0.3, 0.4) is 0 Å². The molecule has 3 heterocycles. The number of ether oxygens (including phenoxy) is 1. The number of rotatable bonds is 4. The van der Waals surface area contributed by atoms with E-state index in [9.17, 15) is 14.9 Å². The zero-order valence-electron chi connectivity index (χ0n) is 15.8. The van der Waals surface area contributed by atoms with Crippen molar-refractivity contribution in [1.29, 1.82) is 5.26 Å². The maximum atomic E-state index is 12.9. The van der Waals surface area contributed by atoms with Crippen molar-refractivity contribution in [2.75, 3.05) is 17.7 Å². The minimum Gasteiger partial charge on any atom is -0.462 e. The summed E-state index contributed by atoms with van der Waals surface area (Å²) in [7, 11) is 0. The first-order chi connectivity index (χ1) is 13.3. The van der Waals surface area contributed by atoms with Gasteiger partial charge < -0.3 is 15.8 Å². The predicted molar refractivity (Wildman–Crippen MR) is 111 cm³/mol. The Morgan fingerprint density at radius 1 is 1.29 bits per heavy atom. The van der Waals surface area contributed by atoms with Crippen LogP contribution < -0.4 is 11.1 Å². The van der Waals surface area contributed by atoms with Crippen molar-refractivity contribution in [2.24, 2.45) is 0 Å². The normalized spacial score (nSPS) is 10.7. The third kappa shape index (κ3) is 3.32. The van der Waals surface area contributed by atoms with Crippen LogP contribution in [0.4, 0.5) is 10.7 Å². The first kappa shape index (κ1) is 19.8. The van der Waals surface area contributed by atoms with Crippen molar-refractivity contribution in [3.8, 4) is 6.07 Å². The van der Waals surface area contributed by atoms with Gasteiger partial charge >= 0.3 is 5.97 Å². The molecule has 0 atom stereocenters. The van der Waals surface area contributed by atoms with Crippen molar-refractivity contribution in [3.63, 3.8) is 0 Å². The van der Waals surface area contributed by atoms with Crippen molar-refractivity contribution in [2.45, 2.75) is 27.7 Å². The van der Waals surface area contributed by atoms with Crippen LogP contribution in [0.1, 0.15) is 48.7 Å². The van der Waals surface area contributed by atoms with Crippen LogP contribution in [0.15, 0.2) is 6.07 Å². The highest BCUT2D eigenvalue weighted by Crippen LogP contribution is 2.37. The van der Waals surface area contributed by atoms with Gasteiger partial charge in [0.2, 0.25) is 0 Å². The van der Waals surface area contributed by atoms with Crippen LogP contribution in [0.5, 0.6) is 0 Å². The topological polar surface area (TPSA) is 118 Å². The van der Waals surface area contributed by atoms with Crippen molar-refractivity contribution in [1.82, 2.24) is 4.98 Å². The van der Waals surface area contributed by atoms with Crippen LogP contribution in [-0.2, 0) is 4.74 Å². The molecule has 3 rings (SSSR count). The molecule has 0 aliphatic rings. The first-order valence-electron chi connectivity index (χ1n) is 8.46. The Kier molecular flexibility index (Phi) is 5.36. The lowest BCUT2D eigenvalue weighted by atomic mass is 10.1. The summed E-state index contributed by atoms with van der Waals surface area (Å²) in [6, 6.07) is 3.96. The standard InChI is InChI=1S/C19H18N4O3S2/c1-5-26-19(25)14-10(4)11(7-20)17(27-14)23-16(24)15-13(21)12-8(2)6-9(3)22-18(12)28-15/h6H,5,21H2,1-4H3,(H,23,24). The molecule has 9 heteroatoms. The number of nitrogens with two attached hydrogens (primary N) is 1. The summed E-state index contributed by atoms with van der Waals surface area (Å²) >= 11 is 2.22. The highest BCUT2D eigenvalue weighted by atomic mass is 32.1. The Balaban J connectivity index is 2.00. The summed E-state index contributed by atoms with van der Waals surface area (Å²) in [5.41, 5.74) is 9.09. The number of fused-ring (bicyclic) bond motifs is 1. The highest BCUT2D eigenvalue weighted by Gasteiger charge is 2.25. The lowest BCUT2D eigenvalue weighted by molar-refractivity contribution is 0.0531. The lowest BCUT2D eigenvalue weighted by Crippen LogP contribution is -2.11. The van der Waals surface area contributed by atoms with E-state index in [0.717, 1.165) is 28.0 Å². The van der Waals surface area contributed by atoms with Crippen LogP contribution >= 0.6 is 22.7 Å². The van der Waals surface area contributed by atoms with Crippen LogP contribution in [0.25, 0.3) is 10.2 Å². The Bertz CT molecular complexity index is 1150. The monoisotopic (exact) mass is 414 g/mol. The molecule has 3 N–H and O–H groups in total. The molecule has 7 nitrogen and oxygen atoms in total. The third-order valence-corrected chi connectivity index (χ3v) is 6.46. The summed E-state index contributed by atoms with van der Waals surface area (Å²) in [6.07, 6.45) is 0. The number of carbonyl (C=O) groups is 2. The number of nitrogens with zero attached hydrogens (tertiary/aromatic N) is 2. The maximum Gasteiger partial charge on any atom is 0.348 e. The number of hydrogen-bond acceptors (Lipinski definition) is 8. The molecule has 0 spiro atoms. The number of carbonyl (C=O) groups excluding carboxylic acids is 2. The van der Waals surface area contributed by atoms with Crippen molar-refractivity contribution >= 4 is 55.5 Å². The van der Waals surface area contributed by atoms with Gasteiger partial charge in [-0.05, 0) is 44.9 Å². The minimum atomic E-state index is -0.515. The van der Waals surface area contributed by atoms with Gasteiger partial charge in [-0.15, -0.1) is 22.7 Å². The van der Waals surface area contributed by atoms with E-state index in [4.69, 9.17) is 10.5 Å². The number of amides is 1. The van der Waals surface area contributed by atoms with Gasteiger partial charge in [-0.1, -0.05) is 0 Å². The molecule has 0 radical (unpaired) electrons. The fraction of sp³-hybridized carbons (Fsp3) is 0.263. The van der Waals surface area contributed by atoms with Crippen molar-refractivity contribution < 1.29 is 14.3 Å². The quantitative estimate of drug-likeness (QED) is 0.619. The van der Waals surface area contributed by atoms with E-state index in [1.54, 1.807) is 13.8 Å². The van der Waals surface area contributed by atoms with Gasteiger partial charge in [-0.3, -0.25) is 4.79 Å². The van der Waals surface area contributed by atoms with Gasteiger partial charge in [-0.25, -0.2) is 9.78 Å². The predicted octanol–water partition coefficient (Wildman–Crippen LogP) is 4.17. The third-order valence-electron chi connectivity index (χ3n) is 4.18. The van der Waals surface area contributed by atoms with E-state index in [1.165, 1.54) is 11.3 Å². The summed E-state index contributed by atoms with van der Waals surface area (Å²) in [4.78, 5) is 30.7. The van der Waals surface area contributed by atoms with E-state index < -0.39 is 11.9 Å². The largest absolute Gasteiger partial charge is 0.462 e. The number of anilines is 2. The number of thiophene rings is 2. The van der Waals surface area contributed by atoms with Crippen LogP contribution in [0, 0.1) is 32.1 Å². The fourth-order valence-corrected chi connectivity index (χ4v) is 5.08. The zero-order chi connectivity index (χ0) is 20.6. The van der Waals surface area contributed by atoms with E-state index in [-0.39, 0.29) is 12.2 Å². The second kappa shape index (κ2) is 7.58. The summed E-state index contributed by atoms with van der Waals surface area (Å²) in [5, 5.41) is 13.2. The molecule has 0 aliphatic heterocycles. The molecule has 1 amide bonds. The molecule has 3 aromatic rings. The molecule has 0 saturated carbocycles. The Hall–Kier alpha value is -2.96. The zero-order valence-corrected chi connectivity index (χ0v) is 17.4. The number of hydrogen-bond donors (Lipinski definition) is 2. The molecule has 0 aromatic carbocycles. The molecular weight excluding hydrogens is 396 g/mol. The maximum absolute atomic E-state index is 12.9. The SMILES string of the molecule is CCOC(=O)c1sc(NC(=O)c2sc3nc(C)cc(C)c3c2N)c(C#N)c1C. The van der Waals surface area contributed by atoms with Gasteiger partial charge in [0.25, 0.3) is 5.91 Å². The molecule has 28 heavy (non-hydrogen) atoms. The number of nitrogen functional groups attached to an aromatic ring is 1. The Labute approximate surface area is 169 Å². The highest BCUT2D eigenvalue weighted by molar-refractivity contribution is 7.21. The van der Waals surface area contributed by atoms with E-state index >= 15 is 0 Å². The molecule has 0 aliphatic carbocycles. The van der Waals surface area contributed by atoms with Gasteiger partial charge in [0, 0.05) is 11.1 Å².